The highest BCUT2D eigenvalue weighted by atomic mass is 35.5. The summed E-state index contributed by atoms with van der Waals surface area (Å²) < 4.78 is 65.3. The van der Waals surface area contributed by atoms with Gasteiger partial charge in [-0.2, -0.15) is 17.5 Å². The lowest BCUT2D eigenvalue weighted by molar-refractivity contribution is -0.137. The molecule has 1 fully saturated rings. The van der Waals surface area contributed by atoms with Crippen LogP contribution in [-0.4, -0.2) is 43.9 Å². The molecule has 5 nitrogen and oxygen atoms in total. The zero-order valence-corrected chi connectivity index (χ0v) is 16.9. The number of pyridine rings is 1. The molecule has 0 bridgehead atoms. The van der Waals surface area contributed by atoms with Crippen LogP contribution in [0.2, 0.25) is 8.67 Å². The Labute approximate surface area is 168 Å². The van der Waals surface area contributed by atoms with Gasteiger partial charge in [0, 0.05) is 32.4 Å². The molecule has 0 amide bonds. The first-order valence-electron chi connectivity index (χ1n) is 7.82. The molecule has 148 valence electrons. The van der Waals surface area contributed by atoms with Gasteiger partial charge >= 0.3 is 6.18 Å². The molecule has 0 saturated carbocycles. The fourth-order valence-corrected chi connectivity index (χ4v) is 6.33. The van der Waals surface area contributed by atoms with Gasteiger partial charge in [0.1, 0.15) is 15.0 Å². The summed E-state index contributed by atoms with van der Waals surface area (Å²) in [5.74, 6) is 0.374. The maximum atomic E-state index is 12.8. The summed E-state index contributed by atoms with van der Waals surface area (Å²) in [6.45, 7) is 1.20. The van der Waals surface area contributed by atoms with Crippen molar-refractivity contribution in [3.63, 3.8) is 0 Å². The van der Waals surface area contributed by atoms with Crippen molar-refractivity contribution in [3.05, 3.63) is 38.6 Å². The molecule has 0 aromatic carbocycles. The van der Waals surface area contributed by atoms with E-state index in [1.54, 1.807) is 4.90 Å². The van der Waals surface area contributed by atoms with Crippen molar-refractivity contribution >= 4 is 50.4 Å². The van der Waals surface area contributed by atoms with Gasteiger partial charge in [-0.05, 0) is 24.6 Å². The zero-order valence-electron chi connectivity index (χ0n) is 13.7. The summed E-state index contributed by atoms with van der Waals surface area (Å²) in [4.78, 5) is 5.61. The molecule has 12 heteroatoms. The second-order valence-electron chi connectivity index (χ2n) is 5.84. The van der Waals surface area contributed by atoms with Crippen LogP contribution >= 0.6 is 34.5 Å². The van der Waals surface area contributed by atoms with Crippen LogP contribution in [0.15, 0.2) is 29.3 Å². The van der Waals surface area contributed by atoms with Gasteiger partial charge in [-0.25, -0.2) is 13.4 Å². The first-order chi connectivity index (χ1) is 12.6. The third-order valence-electron chi connectivity index (χ3n) is 4.10. The van der Waals surface area contributed by atoms with E-state index in [0.29, 0.717) is 25.3 Å². The van der Waals surface area contributed by atoms with Gasteiger partial charge < -0.3 is 4.90 Å². The van der Waals surface area contributed by atoms with E-state index in [9.17, 15) is 21.6 Å². The van der Waals surface area contributed by atoms with Gasteiger partial charge in [-0.15, -0.1) is 11.3 Å². The van der Waals surface area contributed by atoms with Crippen molar-refractivity contribution in [3.8, 4) is 0 Å². The lowest BCUT2D eigenvalue weighted by Gasteiger charge is -2.22. The number of rotatable bonds is 3. The van der Waals surface area contributed by atoms with Crippen LogP contribution in [0.3, 0.4) is 0 Å². The Kier molecular flexibility index (Phi) is 5.93. The average molecular weight is 460 g/mol. The van der Waals surface area contributed by atoms with Crippen molar-refractivity contribution in [2.75, 3.05) is 31.1 Å². The standard InChI is InChI=1S/C15H14Cl2F3N3O2S2/c16-12-8-11(14(17)26-12)27(24,25)23-5-1-4-22(6-7-23)13-3-2-10(9-21-13)15(18,19)20/h2-3,8-9H,1,4-7H2. The first kappa shape index (κ1) is 20.7. The summed E-state index contributed by atoms with van der Waals surface area (Å²) in [5, 5.41) is 0. The number of nitrogens with zero attached hydrogens (tertiary/aromatic N) is 3. The smallest absolute Gasteiger partial charge is 0.355 e. The van der Waals surface area contributed by atoms with Crippen molar-refractivity contribution in [2.45, 2.75) is 17.5 Å². The van der Waals surface area contributed by atoms with Gasteiger partial charge in [0.15, 0.2) is 0 Å². The fraction of sp³-hybridized carbons (Fsp3) is 0.400. The van der Waals surface area contributed by atoms with Crippen LogP contribution in [0.4, 0.5) is 19.0 Å². The maximum Gasteiger partial charge on any atom is 0.417 e. The normalized spacial score (nSPS) is 17.1. The van der Waals surface area contributed by atoms with Crippen LogP contribution in [0.1, 0.15) is 12.0 Å². The summed E-state index contributed by atoms with van der Waals surface area (Å²) in [7, 11) is -3.80. The van der Waals surface area contributed by atoms with Gasteiger partial charge in [0.25, 0.3) is 0 Å². The van der Waals surface area contributed by atoms with Gasteiger partial charge in [0.05, 0.1) is 9.90 Å². The lowest BCUT2D eigenvalue weighted by Crippen LogP contribution is -2.35. The molecule has 2 aromatic heterocycles. The predicted octanol–water partition coefficient (Wildman–Crippen LogP) is 4.37. The molecule has 0 unspecified atom stereocenters. The number of aromatic nitrogens is 1. The largest absolute Gasteiger partial charge is 0.417 e. The molecule has 1 aliphatic heterocycles. The minimum atomic E-state index is -4.45. The van der Waals surface area contributed by atoms with Gasteiger partial charge in [-0.1, -0.05) is 23.2 Å². The summed E-state index contributed by atoms with van der Waals surface area (Å²) >= 11 is 12.8. The SMILES string of the molecule is O=S(=O)(c1cc(Cl)sc1Cl)N1CCCN(c2ccc(C(F)(F)F)cn2)CC1. The highest BCUT2D eigenvalue weighted by Crippen LogP contribution is 2.36. The molecule has 2 aromatic rings. The molecule has 0 atom stereocenters. The number of alkyl halides is 3. The van der Waals surface area contributed by atoms with Crippen LogP contribution in [0.25, 0.3) is 0 Å². The Hall–Kier alpha value is -1.07. The number of anilines is 1. The molecular formula is C15H14Cl2F3N3O2S2. The van der Waals surface area contributed by atoms with E-state index < -0.39 is 21.8 Å². The molecule has 3 rings (SSSR count). The Morgan fingerprint density at radius 2 is 1.85 bits per heavy atom. The number of thiophene rings is 1. The van der Waals surface area contributed by atoms with Crippen molar-refractivity contribution < 1.29 is 21.6 Å². The Balaban J connectivity index is 1.75. The minimum Gasteiger partial charge on any atom is -0.355 e. The summed E-state index contributed by atoms with van der Waals surface area (Å²) in [5.41, 5.74) is -0.825. The van der Waals surface area contributed by atoms with Crippen LogP contribution in [-0.2, 0) is 16.2 Å². The Bertz CT molecular complexity index is 917. The second kappa shape index (κ2) is 7.75. The fourth-order valence-electron chi connectivity index (χ4n) is 2.74. The van der Waals surface area contributed by atoms with Crippen molar-refractivity contribution in [1.82, 2.24) is 9.29 Å². The number of hydrogen-bond acceptors (Lipinski definition) is 5. The summed E-state index contributed by atoms with van der Waals surface area (Å²) in [6.07, 6.45) is -3.17. The summed E-state index contributed by atoms with van der Waals surface area (Å²) in [6, 6.07) is 3.58. The molecule has 0 N–H and O–H groups in total. The average Bonchev–Trinajstić information content (AvgIpc) is 2.81. The van der Waals surface area contributed by atoms with E-state index in [-0.39, 0.29) is 26.7 Å². The Morgan fingerprint density at radius 1 is 1.11 bits per heavy atom. The predicted molar refractivity (Wildman–Crippen MR) is 99.2 cm³/mol. The Morgan fingerprint density at radius 3 is 2.41 bits per heavy atom. The number of halogens is 5. The zero-order chi connectivity index (χ0) is 19.8. The van der Waals surface area contributed by atoms with E-state index in [1.807, 2.05) is 0 Å². The molecule has 3 heterocycles. The lowest BCUT2D eigenvalue weighted by atomic mass is 10.2. The molecule has 1 saturated heterocycles. The quantitative estimate of drug-likeness (QED) is 0.683. The molecule has 27 heavy (non-hydrogen) atoms. The molecular weight excluding hydrogens is 446 g/mol. The first-order valence-corrected chi connectivity index (χ1v) is 10.8. The third kappa shape index (κ3) is 4.51. The van der Waals surface area contributed by atoms with Gasteiger partial charge in [0.2, 0.25) is 10.0 Å². The molecule has 0 radical (unpaired) electrons. The van der Waals surface area contributed by atoms with Crippen LogP contribution < -0.4 is 4.90 Å². The van der Waals surface area contributed by atoms with E-state index in [4.69, 9.17) is 23.2 Å². The highest BCUT2D eigenvalue weighted by Gasteiger charge is 2.32. The van der Waals surface area contributed by atoms with Crippen LogP contribution in [0, 0.1) is 0 Å². The third-order valence-corrected chi connectivity index (χ3v) is 7.75. The van der Waals surface area contributed by atoms with E-state index in [2.05, 4.69) is 4.98 Å². The second-order valence-corrected chi connectivity index (χ2v) is 10.0. The number of hydrogen-bond donors (Lipinski definition) is 0. The number of sulfonamides is 1. The van der Waals surface area contributed by atoms with Crippen molar-refractivity contribution in [2.24, 2.45) is 0 Å². The highest BCUT2D eigenvalue weighted by molar-refractivity contribution is 7.89. The molecule has 1 aliphatic rings. The maximum absolute atomic E-state index is 12.8. The van der Waals surface area contributed by atoms with Crippen LogP contribution in [0.5, 0.6) is 0 Å². The van der Waals surface area contributed by atoms with E-state index >= 15 is 0 Å². The molecule has 0 spiro atoms. The molecule has 0 aliphatic carbocycles. The minimum absolute atomic E-state index is 0.0275. The van der Waals surface area contributed by atoms with E-state index in [0.717, 1.165) is 23.6 Å². The van der Waals surface area contributed by atoms with Crippen molar-refractivity contribution in [1.29, 1.82) is 0 Å². The van der Waals surface area contributed by atoms with Gasteiger partial charge in [-0.3, -0.25) is 0 Å². The topological polar surface area (TPSA) is 53.5 Å². The monoisotopic (exact) mass is 459 g/mol. The van der Waals surface area contributed by atoms with E-state index in [1.165, 1.54) is 16.4 Å².